The Morgan fingerprint density at radius 1 is 1.22 bits per heavy atom. The van der Waals surface area contributed by atoms with Gasteiger partial charge in [-0.1, -0.05) is 29.0 Å². The molecule has 1 heterocycles. The Morgan fingerprint density at radius 3 is 2.78 bits per heavy atom. The van der Waals surface area contributed by atoms with Crippen molar-refractivity contribution in [3.63, 3.8) is 0 Å². The number of fused-ring (bicyclic) bond motifs is 1. The molecule has 6 N–H and O–H groups in total. The zero-order valence-electron chi connectivity index (χ0n) is 15.2. The van der Waals surface area contributed by atoms with E-state index in [9.17, 15) is 0 Å². The number of aromatic nitrogens is 1. The first-order valence-corrected chi connectivity index (χ1v) is 9.31. The summed E-state index contributed by atoms with van der Waals surface area (Å²) >= 11 is 1.51. The van der Waals surface area contributed by atoms with E-state index in [4.69, 9.17) is 10.6 Å². The lowest BCUT2D eigenvalue weighted by Crippen LogP contribution is -2.44. The van der Waals surface area contributed by atoms with Gasteiger partial charge < -0.3 is 10.1 Å². The number of hydrazine groups is 2. The monoisotopic (exact) mass is 385 g/mol. The third-order valence-electron chi connectivity index (χ3n) is 3.68. The minimum Gasteiger partial charge on any atom is -0.492 e. The number of aliphatic imine (C=N–C) groups is 1. The van der Waals surface area contributed by atoms with Crippen molar-refractivity contribution in [2.45, 2.75) is 6.92 Å². The van der Waals surface area contributed by atoms with Crippen molar-refractivity contribution < 1.29 is 4.74 Å². The molecule has 0 unspecified atom stereocenters. The molecule has 0 radical (unpaired) electrons. The molecule has 0 atom stereocenters. The molecule has 0 saturated heterocycles. The van der Waals surface area contributed by atoms with Gasteiger partial charge in [0.15, 0.2) is 0 Å². The molecule has 9 heteroatoms. The van der Waals surface area contributed by atoms with Gasteiger partial charge in [-0.2, -0.15) is 0 Å². The van der Waals surface area contributed by atoms with Gasteiger partial charge in [0.25, 0.3) is 0 Å². The van der Waals surface area contributed by atoms with Crippen molar-refractivity contribution in [1.82, 2.24) is 21.2 Å². The SMILES string of the molecule is CNCCOc1ccc2nc(NNC(=Nc3ccc(C)cc3)NN)sc2c1. The molecule has 3 rings (SSSR count). The lowest BCUT2D eigenvalue weighted by Gasteiger charge is -2.09. The molecule has 0 bridgehead atoms. The molecule has 8 nitrogen and oxygen atoms in total. The van der Waals surface area contributed by atoms with Crippen LogP contribution in [0.2, 0.25) is 0 Å². The number of thiazole rings is 1. The topological polar surface area (TPSA) is 109 Å². The molecular formula is C18H23N7OS. The van der Waals surface area contributed by atoms with Crippen molar-refractivity contribution in [3.8, 4) is 5.75 Å². The second-order valence-corrected chi connectivity index (χ2v) is 6.82. The molecule has 142 valence electrons. The summed E-state index contributed by atoms with van der Waals surface area (Å²) in [7, 11) is 1.90. The fourth-order valence-corrected chi connectivity index (χ4v) is 3.12. The minimum atomic E-state index is 0.384. The summed E-state index contributed by atoms with van der Waals surface area (Å²) in [5.74, 6) is 6.75. The molecule has 0 spiro atoms. The van der Waals surface area contributed by atoms with E-state index in [-0.39, 0.29) is 0 Å². The number of ether oxygens (including phenoxy) is 1. The van der Waals surface area contributed by atoms with Crippen LogP contribution in [0.5, 0.6) is 5.75 Å². The van der Waals surface area contributed by atoms with Crippen LogP contribution in [0.1, 0.15) is 5.56 Å². The smallest absolute Gasteiger partial charge is 0.230 e. The summed E-state index contributed by atoms with van der Waals surface area (Å²) in [4.78, 5) is 8.93. The maximum absolute atomic E-state index is 5.69. The zero-order valence-corrected chi connectivity index (χ0v) is 16.1. The molecule has 1 aromatic heterocycles. The van der Waals surface area contributed by atoms with E-state index < -0.39 is 0 Å². The Kier molecular flexibility index (Phi) is 6.42. The third kappa shape index (κ3) is 5.30. The van der Waals surface area contributed by atoms with Gasteiger partial charge in [0.2, 0.25) is 11.1 Å². The van der Waals surface area contributed by atoms with Crippen molar-refractivity contribution >= 4 is 38.3 Å². The second-order valence-electron chi connectivity index (χ2n) is 5.79. The molecule has 0 aliphatic heterocycles. The van der Waals surface area contributed by atoms with Crippen LogP contribution in [0.3, 0.4) is 0 Å². The first kappa shape index (κ1) is 18.9. The van der Waals surface area contributed by atoms with Crippen molar-refractivity contribution in [3.05, 3.63) is 48.0 Å². The first-order chi connectivity index (χ1) is 13.2. The van der Waals surface area contributed by atoms with Gasteiger partial charge in [0.05, 0.1) is 15.9 Å². The molecule has 27 heavy (non-hydrogen) atoms. The number of aryl methyl sites for hydroxylation is 1. The van der Waals surface area contributed by atoms with E-state index in [0.29, 0.717) is 17.7 Å². The van der Waals surface area contributed by atoms with E-state index in [1.807, 2.05) is 56.4 Å². The van der Waals surface area contributed by atoms with Crippen LogP contribution in [-0.2, 0) is 0 Å². The van der Waals surface area contributed by atoms with Crippen LogP contribution in [0, 0.1) is 6.92 Å². The third-order valence-corrected chi connectivity index (χ3v) is 4.61. The van der Waals surface area contributed by atoms with E-state index in [1.165, 1.54) is 16.9 Å². The minimum absolute atomic E-state index is 0.384. The van der Waals surface area contributed by atoms with Crippen LogP contribution in [0.25, 0.3) is 10.2 Å². The average molecular weight is 385 g/mol. The quantitative estimate of drug-likeness (QED) is 0.140. The van der Waals surface area contributed by atoms with Crippen molar-refractivity contribution in [1.29, 1.82) is 0 Å². The molecule has 2 aromatic carbocycles. The number of guanidine groups is 1. The highest BCUT2D eigenvalue weighted by Gasteiger charge is 2.06. The van der Waals surface area contributed by atoms with Crippen LogP contribution >= 0.6 is 11.3 Å². The maximum Gasteiger partial charge on any atom is 0.230 e. The Bertz CT molecular complexity index is 908. The number of anilines is 1. The fraction of sp³-hybridized carbons (Fsp3) is 0.222. The number of hydrogen-bond acceptors (Lipinski definition) is 7. The van der Waals surface area contributed by atoms with Gasteiger partial charge >= 0.3 is 0 Å². The summed E-state index contributed by atoms with van der Waals surface area (Å²) in [6.07, 6.45) is 0. The Morgan fingerprint density at radius 2 is 2.04 bits per heavy atom. The lowest BCUT2D eigenvalue weighted by molar-refractivity contribution is 0.319. The number of likely N-dealkylation sites (N-methyl/N-ethyl adjacent to an activating group) is 1. The number of benzene rings is 2. The van der Waals surface area contributed by atoms with Gasteiger partial charge in [-0.05, 0) is 44.3 Å². The van der Waals surface area contributed by atoms with Gasteiger partial charge in [0, 0.05) is 6.54 Å². The van der Waals surface area contributed by atoms with E-state index in [2.05, 4.69) is 31.6 Å². The van der Waals surface area contributed by atoms with Crippen LogP contribution in [-0.4, -0.2) is 31.1 Å². The summed E-state index contributed by atoms with van der Waals surface area (Å²) in [6, 6.07) is 13.7. The number of hydrogen-bond donors (Lipinski definition) is 5. The van der Waals surface area contributed by atoms with E-state index in [1.54, 1.807) is 0 Å². The average Bonchev–Trinajstić information content (AvgIpc) is 3.09. The van der Waals surface area contributed by atoms with Crippen molar-refractivity contribution in [2.75, 3.05) is 25.6 Å². The molecule has 0 aliphatic carbocycles. The zero-order chi connectivity index (χ0) is 19.1. The van der Waals surface area contributed by atoms with Crippen LogP contribution in [0.4, 0.5) is 10.8 Å². The predicted molar refractivity (Wildman–Crippen MR) is 111 cm³/mol. The standard InChI is InChI=1S/C18H23N7OS/c1-12-3-5-13(6-4-12)21-17(23-19)24-25-18-22-15-8-7-14(11-16(15)27-18)26-10-9-20-2/h3-8,11,20H,9-10,19H2,1-2H3,(H,22,25)(H2,21,23,24). The normalized spacial score (nSPS) is 11.4. The number of nitrogens with two attached hydrogens (primary N) is 1. The molecule has 0 aliphatic rings. The second kappa shape index (κ2) is 9.17. The fourth-order valence-electron chi connectivity index (χ4n) is 2.28. The van der Waals surface area contributed by atoms with E-state index in [0.717, 1.165) is 28.2 Å². The van der Waals surface area contributed by atoms with Gasteiger partial charge in [0.1, 0.15) is 12.4 Å². The summed E-state index contributed by atoms with van der Waals surface area (Å²) in [5.41, 5.74) is 11.3. The highest BCUT2D eigenvalue weighted by Crippen LogP contribution is 2.28. The molecule has 0 fully saturated rings. The summed E-state index contributed by atoms with van der Waals surface area (Å²) in [6.45, 7) is 3.45. The van der Waals surface area contributed by atoms with E-state index >= 15 is 0 Å². The van der Waals surface area contributed by atoms with Gasteiger partial charge in [-0.3, -0.25) is 16.3 Å². The maximum atomic E-state index is 5.69. The van der Waals surface area contributed by atoms with Crippen LogP contribution in [0.15, 0.2) is 47.5 Å². The first-order valence-electron chi connectivity index (χ1n) is 8.50. The van der Waals surface area contributed by atoms with Gasteiger partial charge in [-0.15, -0.1) is 0 Å². The van der Waals surface area contributed by atoms with Crippen LogP contribution < -0.4 is 32.2 Å². The Labute approximate surface area is 161 Å². The van der Waals surface area contributed by atoms with Crippen molar-refractivity contribution in [2.24, 2.45) is 10.8 Å². The predicted octanol–water partition coefficient (Wildman–Crippen LogP) is 2.27. The molecule has 3 aromatic rings. The van der Waals surface area contributed by atoms with Gasteiger partial charge in [-0.25, -0.2) is 15.8 Å². The Balaban J connectivity index is 1.65. The highest BCUT2D eigenvalue weighted by molar-refractivity contribution is 7.22. The molecular weight excluding hydrogens is 362 g/mol. The number of nitrogens with zero attached hydrogens (tertiary/aromatic N) is 2. The summed E-state index contributed by atoms with van der Waals surface area (Å²) in [5, 5.41) is 3.75. The Hall–Kier alpha value is -2.88. The summed E-state index contributed by atoms with van der Waals surface area (Å²) < 4.78 is 6.72. The number of nitrogens with one attached hydrogen (secondary N) is 4. The highest BCUT2D eigenvalue weighted by atomic mass is 32.1. The number of rotatable bonds is 7. The molecule has 0 amide bonds. The molecule has 0 saturated carbocycles. The lowest BCUT2D eigenvalue weighted by atomic mass is 10.2. The largest absolute Gasteiger partial charge is 0.492 e.